The lowest BCUT2D eigenvalue weighted by molar-refractivity contribution is 0.0929. The zero-order valence-corrected chi connectivity index (χ0v) is 22.1. The fraction of sp³-hybridized carbons (Fsp3) is 0.185. The zero-order chi connectivity index (χ0) is 25.5. The van der Waals surface area contributed by atoms with Gasteiger partial charge >= 0.3 is 5.91 Å². The van der Waals surface area contributed by atoms with Gasteiger partial charge in [0, 0.05) is 26.0 Å². The Labute approximate surface area is 222 Å². The van der Waals surface area contributed by atoms with E-state index in [4.69, 9.17) is 30.2 Å². The Morgan fingerprint density at radius 3 is 2.58 bits per heavy atom. The summed E-state index contributed by atoms with van der Waals surface area (Å²) in [7, 11) is 0. The van der Waals surface area contributed by atoms with Crippen molar-refractivity contribution in [1.29, 1.82) is 0 Å². The number of ether oxygens (including phenoxy) is 3. The number of benzene rings is 3. The van der Waals surface area contributed by atoms with Crippen LogP contribution < -0.4 is 19.6 Å². The Morgan fingerprint density at radius 2 is 1.81 bits per heavy atom. The molecule has 1 heterocycles. The molecule has 0 radical (unpaired) electrons. The van der Waals surface area contributed by atoms with E-state index in [9.17, 15) is 4.79 Å². The van der Waals surface area contributed by atoms with Gasteiger partial charge in [0.2, 0.25) is 0 Å². The molecule has 0 spiro atoms. The van der Waals surface area contributed by atoms with Crippen LogP contribution in [0.5, 0.6) is 17.2 Å². The van der Waals surface area contributed by atoms with E-state index in [2.05, 4.69) is 26.5 Å². The summed E-state index contributed by atoms with van der Waals surface area (Å²) in [5, 5.41) is 5.48. The maximum atomic E-state index is 12.6. The van der Waals surface area contributed by atoms with Crippen LogP contribution in [0.2, 0.25) is 5.02 Å². The van der Waals surface area contributed by atoms with Crippen LogP contribution in [0.15, 0.2) is 74.7 Å². The third-order valence-electron chi connectivity index (χ3n) is 5.10. The molecule has 3 aromatic carbocycles. The first-order chi connectivity index (χ1) is 17.5. The van der Waals surface area contributed by atoms with Gasteiger partial charge in [0.05, 0.1) is 19.4 Å². The minimum absolute atomic E-state index is 0.146. The molecule has 7 nitrogen and oxygen atoms in total. The molecule has 0 atom stereocenters. The number of hydrogen-bond donors (Lipinski definition) is 1. The molecule has 0 saturated heterocycles. The number of furan rings is 1. The monoisotopic (exact) mass is 570 g/mol. The van der Waals surface area contributed by atoms with Crippen LogP contribution in [-0.4, -0.2) is 25.3 Å². The predicted octanol–water partition coefficient (Wildman–Crippen LogP) is 6.99. The maximum absolute atomic E-state index is 12.6. The molecule has 9 heteroatoms. The average Bonchev–Trinajstić information content (AvgIpc) is 3.29. The number of carbonyl (C=O) groups is 1. The standard InChI is InChI=1S/C27H24BrClN2O5/c1-3-33-20-9-10-23-18(11-20)12-26(36-23)27(32)31-30-15-19-13-24(34-4-2)25(14-21(19)28)35-16-17-7-5-6-8-22(17)29/h5-15H,3-4,16H2,1-2H3,(H,31,32)/b30-15+. The van der Waals surface area contributed by atoms with E-state index in [1.807, 2.05) is 44.2 Å². The predicted molar refractivity (Wildman–Crippen MR) is 144 cm³/mol. The van der Waals surface area contributed by atoms with Crippen molar-refractivity contribution in [2.24, 2.45) is 5.10 Å². The van der Waals surface area contributed by atoms with Crippen LogP contribution in [0, 0.1) is 0 Å². The van der Waals surface area contributed by atoms with Crippen molar-refractivity contribution in [3.8, 4) is 17.2 Å². The number of hydrazone groups is 1. The van der Waals surface area contributed by atoms with Gasteiger partial charge in [-0.3, -0.25) is 4.79 Å². The van der Waals surface area contributed by atoms with E-state index in [1.54, 1.807) is 30.3 Å². The minimum atomic E-state index is -0.471. The van der Waals surface area contributed by atoms with Crippen molar-refractivity contribution >= 4 is 50.6 Å². The molecule has 4 aromatic rings. The number of hydrogen-bond acceptors (Lipinski definition) is 6. The van der Waals surface area contributed by atoms with Crippen molar-refractivity contribution in [2.45, 2.75) is 20.5 Å². The maximum Gasteiger partial charge on any atom is 0.307 e. The van der Waals surface area contributed by atoms with E-state index in [0.717, 1.165) is 10.9 Å². The van der Waals surface area contributed by atoms with Gasteiger partial charge in [0.1, 0.15) is 17.9 Å². The summed E-state index contributed by atoms with van der Waals surface area (Å²) in [5.41, 5.74) is 4.64. The average molecular weight is 572 g/mol. The molecule has 0 aliphatic rings. The van der Waals surface area contributed by atoms with Crippen LogP contribution >= 0.6 is 27.5 Å². The van der Waals surface area contributed by atoms with Gasteiger partial charge in [-0.15, -0.1) is 0 Å². The number of carbonyl (C=O) groups excluding carboxylic acids is 1. The van der Waals surface area contributed by atoms with Gasteiger partial charge in [0.25, 0.3) is 0 Å². The number of nitrogens with zero attached hydrogens (tertiary/aromatic N) is 1. The lowest BCUT2D eigenvalue weighted by atomic mass is 10.2. The Bertz CT molecular complexity index is 1400. The van der Waals surface area contributed by atoms with E-state index in [1.165, 1.54) is 6.21 Å². The summed E-state index contributed by atoms with van der Waals surface area (Å²) < 4.78 is 23.6. The number of amides is 1. The van der Waals surface area contributed by atoms with Crippen LogP contribution in [0.4, 0.5) is 0 Å². The molecule has 0 fully saturated rings. The van der Waals surface area contributed by atoms with E-state index < -0.39 is 5.91 Å². The van der Waals surface area contributed by atoms with Gasteiger partial charge in [0.15, 0.2) is 17.3 Å². The molecular weight excluding hydrogens is 548 g/mol. The third-order valence-corrected chi connectivity index (χ3v) is 6.15. The largest absolute Gasteiger partial charge is 0.494 e. The quantitative estimate of drug-likeness (QED) is 0.164. The lowest BCUT2D eigenvalue weighted by Gasteiger charge is -2.14. The summed E-state index contributed by atoms with van der Waals surface area (Å²) in [6.07, 6.45) is 1.51. The molecule has 1 N–H and O–H groups in total. The highest BCUT2D eigenvalue weighted by Crippen LogP contribution is 2.34. The normalized spacial score (nSPS) is 11.1. The highest BCUT2D eigenvalue weighted by Gasteiger charge is 2.14. The van der Waals surface area contributed by atoms with Crippen LogP contribution in [0.3, 0.4) is 0 Å². The van der Waals surface area contributed by atoms with Gasteiger partial charge in [-0.25, -0.2) is 5.43 Å². The molecule has 186 valence electrons. The fourth-order valence-corrected chi connectivity index (χ4v) is 4.02. The lowest BCUT2D eigenvalue weighted by Crippen LogP contribution is -2.16. The summed E-state index contributed by atoms with van der Waals surface area (Å²) >= 11 is 9.76. The molecule has 4 rings (SSSR count). The van der Waals surface area contributed by atoms with Gasteiger partial charge < -0.3 is 18.6 Å². The SMILES string of the molecule is CCOc1ccc2oc(C(=O)N/N=C/c3cc(OCC)c(OCc4ccccc4Cl)cc3Br)cc2c1. The Hall–Kier alpha value is -3.49. The van der Waals surface area contributed by atoms with Crippen LogP contribution in [0.25, 0.3) is 11.0 Å². The molecule has 0 aliphatic heterocycles. The van der Waals surface area contributed by atoms with Crippen molar-refractivity contribution in [3.63, 3.8) is 0 Å². The highest BCUT2D eigenvalue weighted by molar-refractivity contribution is 9.10. The highest BCUT2D eigenvalue weighted by atomic mass is 79.9. The summed E-state index contributed by atoms with van der Waals surface area (Å²) in [5.74, 6) is 1.49. The van der Waals surface area contributed by atoms with Crippen LogP contribution in [-0.2, 0) is 6.61 Å². The van der Waals surface area contributed by atoms with Crippen molar-refractivity contribution in [2.75, 3.05) is 13.2 Å². The summed E-state index contributed by atoms with van der Waals surface area (Å²) in [6.45, 7) is 5.10. The molecule has 36 heavy (non-hydrogen) atoms. The van der Waals surface area contributed by atoms with E-state index in [0.29, 0.717) is 57.7 Å². The molecular formula is C27H24BrClN2O5. The van der Waals surface area contributed by atoms with E-state index >= 15 is 0 Å². The second-order valence-corrected chi connectivity index (χ2v) is 8.84. The van der Waals surface area contributed by atoms with Crippen molar-refractivity contribution in [1.82, 2.24) is 5.43 Å². The minimum Gasteiger partial charge on any atom is -0.494 e. The first kappa shape index (κ1) is 25.6. The Kier molecular flexibility index (Phi) is 8.51. The van der Waals surface area contributed by atoms with E-state index in [-0.39, 0.29) is 5.76 Å². The first-order valence-electron chi connectivity index (χ1n) is 11.3. The van der Waals surface area contributed by atoms with Crippen LogP contribution in [0.1, 0.15) is 35.5 Å². The second kappa shape index (κ2) is 12.0. The molecule has 0 unspecified atom stereocenters. The Balaban J connectivity index is 1.46. The van der Waals surface area contributed by atoms with Gasteiger partial charge in [-0.05, 0) is 72.2 Å². The fourth-order valence-electron chi connectivity index (χ4n) is 3.41. The molecule has 0 bridgehead atoms. The van der Waals surface area contributed by atoms with Gasteiger partial charge in [-0.1, -0.05) is 29.8 Å². The molecule has 1 aromatic heterocycles. The topological polar surface area (TPSA) is 82.3 Å². The second-order valence-electron chi connectivity index (χ2n) is 7.58. The number of rotatable bonds is 10. The third kappa shape index (κ3) is 6.19. The van der Waals surface area contributed by atoms with Crippen molar-refractivity contribution < 1.29 is 23.4 Å². The number of fused-ring (bicyclic) bond motifs is 1. The summed E-state index contributed by atoms with van der Waals surface area (Å²) in [6, 6.07) is 18.1. The molecule has 0 saturated carbocycles. The van der Waals surface area contributed by atoms with Crippen molar-refractivity contribution in [3.05, 3.63) is 87.0 Å². The summed E-state index contributed by atoms with van der Waals surface area (Å²) in [4.78, 5) is 12.6. The first-order valence-corrected chi connectivity index (χ1v) is 12.5. The Morgan fingerprint density at radius 1 is 1.03 bits per heavy atom. The number of nitrogens with one attached hydrogen (secondary N) is 1. The molecule has 1 amide bonds. The molecule has 0 aliphatic carbocycles. The zero-order valence-electron chi connectivity index (χ0n) is 19.7. The smallest absolute Gasteiger partial charge is 0.307 e. The van der Waals surface area contributed by atoms with Gasteiger partial charge in [-0.2, -0.15) is 5.10 Å². The number of halogens is 2.